The summed E-state index contributed by atoms with van der Waals surface area (Å²) in [5.41, 5.74) is 0. The first kappa shape index (κ1) is 17.4. The Morgan fingerprint density at radius 2 is 2.20 bits per heavy atom. The minimum absolute atomic E-state index is 0.00222. The number of carbonyl (C=O) groups is 1. The first-order chi connectivity index (χ1) is 9.39. The smallest absolute Gasteiger partial charge is 0.224 e. The summed E-state index contributed by atoms with van der Waals surface area (Å²) >= 11 is 0. The van der Waals surface area contributed by atoms with Gasteiger partial charge in [-0.1, -0.05) is 6.92 Å². The minimum Gasteiger partial charge on any atom is -0.383 e. The van der Waals surface area contributed by atoms with Gasteiger partial charge in [0.1, 0.15) is 0 Å². The molecule has 1 N–H and O–H groups in total. The number of sulfone groups is 1. The third-order valence-electron chi connectivity index (χ3n) is 3.54. The molecule has 6 nitrogen and oxygen atoms in total. The van der Waals surface area contributed by atoms with E-state index in [0.717, 1.165) is 6.54 Å². The first-order valence-corrected chi connectivity index (χ1v) is 8.94. The van der Waals surface area contributed by atoms with E-state index in [1.54, 1.807) is 12.0 Å². The standard InChI is InChI=1S/C13H26N2O4S/c1-4-14-11(2)9-13(16)15(6-7-19-3)12-5-8-20(17,18)10-12/h11-12,14H,4-10H2,1-3H3. The van der Waals surface area contributed by atoms with E-state index in [4.69, 9.17) is 4.74 Å². The van der Waals surface area contributed by atoms with E-state index < -0.39 is 9.84 Å². The first-order valence-electron chi connectivity index (χ1n) is 7.11. The van der Waals surface area contributed by atoms with Gasteiger partial charge in [0.25, 0.3) is 0 Å². The molecule has 0 aromatic heterocycles. The van der Waals surface area contributed by atoms with E-state index in [1.807, 2.05) is 13.8 Å². The maximum atomic E-state index is 12.4. The SMILES string of the molecule is CCNC(C)CC(=O)N(CCOC)C1CCS(=O)(=O)C1. The predicted molar refractivity (Wildman–Crippen MR) is 78.4 cm³/mol. The fraction of sp³-hybridized carbons (Fsp3) is 0.923. The number of amides is 1. The number of rotatable bonds is 8. The van der Waals surface area contributed by atoms with E-state index in [9.17, 15) is 13.2 Å². The summed E-state index contributed by atoms with van der Waals surface area (Å²) in [4.78, 5) is 14.1. The Morgan fingerprint density at radius 3 is 2.70 bits per heavy atom. The molecule has 1 saturated heterocycles. The molecule has 0 aromatic rings. The molecule has 0 bridgehead atoms. The van der Waals surface area contributed by atoms with Gasteiger partial charge in [0.2, 0.25) is 5.91 Å². The van der Waals surface area contributed by atoms with Crippen LogP contribution in [0.25, 0.3) is 0 Å². The van der Waals surface area contributed by atoms with Crippen LogP contribution in [0.3, 0.4) is 0 Å². The Bertz CT molecular complexity index is 411. The average molecular weight is 306 g/mol. The van der Waals surface area contributed by atoms with Gasteiger partial charge in [0.15, 0.2) is 9.84 Å². The maximum Gasteiger partial charge on any atom is 0.224 e. The van der Waals surface area contributed by atoms with Crippen molar-refractivity contribution in [2.45, 2.75) is 38.8 Å². The molecule has 7 heteroatoms. The number of nitrogens with one attached hydrogen (secondary N) is 1. The number of nitrogens with zero attached hydrogens (tertiary/aromatic N) is 1. The van der Waals surface area contributed by atoms with Crippen molar-refractivity contribution < 1.29 is 17.9 Å². The summed E-state index contributed by atoms with van der Waals surface area (Å²) in [7, 11) is -1.41. The fourth-order valence-corrected chi connectivity index (χ4v) is 4.25. The summed E-state index contributed by atoms with van der Waals surface area (Å²) < 4.78 is 28.2. The molecule has 1 fully saturated rings. The van der Waals surface area contributed by atoms with Gasteiger partial charge in [-0.3, -0.25) is 4.79 Å². The molecule has 1 aliphatic rings. The third kappa shape index (κ3) is 5.38. The lowest BCUT2D eigenvalue weighted by molar-refractivity contribution is -0.134. The molecule has 118 valence electrons. The molecule has 0 spiro atoms. The number of carbonyl (C=O) groups excluding carboxylic acids is 1. The number of ether oxygens (including phenoxy) is 1. The highest BCUT2D eigenvalue weighted by Crippen LogP contribution is 2.18. The Morgan fingerprint density at radius 1 is 1.50 bits per heavy atom. The Kier molecular flexibility index (Phi) is 6.91. The summed E-state index contributed by atoms with van der Waals surface area (Å²) in [5, 5.41) is 3.20. The van der Waals surface area contributed by atoms with Crippen LogP contribution in [0.15, 0.2) is 0 Å². The highest BCUT2D eigenvalue weighted by Gasteiger charge is 2.34. The Labute approximate surface area is 121 Å². The molecular formula is C13H26N2O4S. The van der Waals surface area contributed by atoms with Crippen LogP contribution in [0, 0.1) is 0 Å². The molecule has 0 radical (unpaired) electrons. The van der Waals surface area contributed by atoms with E-state index in [0.29, 0.717) is 26.0 Å². The second-order valence-electron chi connectivity index (χ2n) is 5.30. The monoisotopic (exact) mass is 306 g/mol. The van der Waals surface area contributed by atoms with E-state index in [-0.39, 0.29) is 29.5 Å². The van der Waals surface area contributed by atoms with Crippen molar-refractivity contribution >= 4 is 15.7 Å². The zero-order chi connectivity index (χ0) is 15.2. The highest BCUT2D eigenvalue weighted by molar-refractivity contribution is 7.91. The van der Waals surface area contributed by atoms with Crippen LogP contribution in [-0.2, 0) is 19.4 Å². The van der Waals surface area contributed by atoms with Gasteiger partial charge in [-0.05, 0) is 19.9 Å². The van der Waals surface area contributed by atoms with Crippen LogP contribution < -0.4 is 5.32 Å². The van der Waals surface area contributed by atoms with Crippen molar-refractivity contribution in [3.63, 3.8) is 0 Å². The molecule has 1 aliphatic heterocycles. The number of methoxy groups -OCH3 is 1. The summed E-state index contributed by atoms with van der Waals surface area (Å²) in [5.74, 6) is 0.257. The zero-order valence-corrected chi connectivity index (χ0v) is 13.4. The normalized spacial score (nSPS) is 22.6. The second-order valence-corrected chi connectivity index (χ2v) is 7.53. The molecule has 20 heavy (non-hydrogen) atoms. The van der Waals surface area contributed by atoms with Crippen molar-refractivity contribution in [3.8, 4) is 0 Å². The van der Waals surface area contributed by atoms with Crippen molar-refractivity contribution in [3.05, 3.63) is 0 Å². The lowest BCUT2D eigenvalue weighted by atomic mass is 10.1. The van der Waals surface area contributed by atoms with Gasteiger partial charge >= 0.3 is 0 Å². The van der Waals surface area contributed by atoms with Gasteiger partial charge in [-0.2, -0.15) is 0 Å². The molecule has 1 amide bonds. The molecule has 0 aliphatic carbocycles. The average Bonchev–Trinajstić information content (AvgIpc) is 2.70. The summed E-state index contributed by atoms with van der Waals surface area (Å²) in [6.45, 7) is 5.64. The van der Waals surface area contributed by atoms with Gasteiger partial charge in [-0.15, -0.1) is 0 Å². The minimum atomic E-state index is -2.99. The van der Waals surface area contributed by atoms with Crippen LogP contribution in [0.2, 0.25) is 0 Å². The van der Waals surface area contributed by atoms with Gasteiger partial charge in [-0.25, -0.2) is 8.42 Å². The van der Waals surface area contributed by atoms with Gasteiger partial charge in [0, 0.05) is 32.2 Å². The number of hydrogen-bond acceptors (Lipinski definition) is 5. The predicted octanol–water partition coefficient (Wildman–Crippen LogP) is 0.0366. The molecule has 1 rings (SSSR count). The summed E-state index contributed by atoms with van der Waals surface area (Å²) in [6, 6.07) is -0.105. The fourth-order valence-electron chi connectivity index (χ4n) is 2.52. The molecule has 2 unspecified atom stereocenters. The largest absolute Gasteiger partial charge is 0.383 e. The lowest BCUT2D eigenvalue weighted by Gasteiger charge is -2.29. The van der Waals surface area contributed by atoms with Crippen molar-refractivity contribution in [1.82, 2.24) is 10.2 Å². The zero-order valence-electron chi connectivity index (χ0n) is 12.6. The van der Waals surface area contributed by atoms with Gasteiger partial charge in [0.05, 0.1) is 18.1 Å². The van der Waals surface area contributed by atoms with E-state index in [2.05, 4.69) is 5.32 Å². The molecule has 0 aromatic carbocycles. The maximum absolute atomic E-state index is 12.4. The Balaban J connectivity index is 2.66. The molecule has 1 heterocycles. The highest BCUT2D eigenvalue weighted by atomic mass is 32.2. The number of hydrogen-bond donors (Lipinski definition) is 1. The second kappa shape index (κ2) is 7.95. The van der Waals surface area contributed by atoms with Gasteiger partial charge < -0.3 is 15.0 Å². The van der Waals surface area contributed by atoms with Crippen LogP contribution >= 0.6 is 0 Å². The van der Waals surface area contributed by atoms with Crippen molar-refractivity contribution in [1.29, 1.82) is 0 Å². The molecule has 0 saturated carbocycles. The summed E-state index contributed by atoms with van der Waals surface area (Å²) in [6.07, 6.45) is 0.918. The van der Waals surface area contributed by atoms with Crippen LogP contribution in [0.4, 0.5) is 0 Å². The lowest BCUT2D eigenvalue weighted by Crippen LogP contribution is -2.45. The third-order valence-corrected chi connectivity index (χ3v) is 5.29. The van der Waals surface area contributed by atoms with Crippen LogP contribution in [0.5, 0.6) is 0 Å². The van der Waals surface area contributed by atoms with E-state index in [1.165, 1.54) is 0 Å². The molecular weight excluding hydrogens is 280 g/mol. The van der Waals surface area contributed by atoms with Crippen LogP contribution in [-0.4, -0.2) is 69.6 Å². The van der Waals surface area contributed by atoms with Crippen LogP contribution in [0.1, 0.15) is 26.7 Å². The topological polar surface area (TPSA) is 75.7 Å². The van der Waals surface area contributed by atoms with Crippen molar-refractivity contribution in [2.24, 2.45) is 0 Å². The quantitative estimate of drug-likeness (QED) is 0.685. The molecule has 2 atom stereocenters. The van der Waals surface area contributed by atoms with Crippen molar-refractivity contribution in [2.75, 3.05) is 38.3 Å². The van der Waals surface area contributed by atoms with E-state index >= 15 is 0 Å². The Hall–Kier alpha value is -0.660.